The van der Waals surface area contributed by atoms with E-state index < -0.39 is 70.7 Å². The van der Waals surface area contributed by atoms with Crippen LogP contribution >= 0.6 is 0 Å². The van der Waals surface area contributed by atoms with Crippen LogP contribution in [-0.2, 0) is 36.6 Å². The summed E-state index contributed by atoms with van der Waals surface area (Å²) in [7, 11) is -15.7. The van der Waals surface area contributed by atoms with E-state index in [1.165, 1.54) is 0 Å². The van der Waals surface area contributed by atoms with Gasteiger partial charge in [-0.05, 0) is 51.0 Å². The quantitative estimate of drug-likeness (QED) is 0.159. The lowest BCUT2D eigenvalue weighted by Gasteiger charge is -2.28. The van der Waals surface area contributed by atoms with Gasteiger partial charge < -0.3 is 32.2 Å². The first-order valence-corrected chi connectivity index (χ1v) is 26.9. The molecule has 2 unspecified atom stereocenters. The van der Waals surface area contributed by atoms with Crippen LogP contribution in [0.5, 0.6) is 0 Å². The molecule has 0 aromatic heterocycles. The summed E-state index contributed by atoms with van der Waals surface area (Å²) in [4.78, 5) is 24.8. The number of carboxylic acid groups (broad SMARTS) is 1. The van der Waals surface area contributed by atoms with Crippen molar-refractivity contribution < 1.29 is 41.7 Å². The van der Waals surface area contributed by atoms with Gasteiger partial charge in [-0.25, -0.2) is 0 Å². The van der Waals surface area contributed by atoms with Gasteiger partial charge in [0.25, 0.3) is 0 Å². The Kier molecular flexibility index (Phi) is 13.7. The van der Waals surface area contributed by atoms with Crippen LogP contribution in [-0.4, -0.2) is 71.0 Å². The Bertz CT molecular complexity index is 1040. The van der Waals surface area contributed by atoms with Crippen LogP contribution in [0.4, 0.5) is 0 Å². The molecule has 9 nitrogen and oxygen atoms in total. The van der Waals surface area contributed by atoms with Gasteiger partial charge in [-0.15, -0.1) is 0 Å². The molecule has 1 rings (SSSR count). The summed E-state index contributed by atoms with van der Waals surface area (Å²) < 4.78 is 64.8. The number of esters is 1. The van der Waals surface area contributed by atoms with Crippen molar-refractivity contribution in [1.82, 2.24) is 0 Å². The SMILES string of the molecule is CCC(CC(CC(C)(C)C(=O)OCCC[Si](C)(C)[Si](=O)[Si](=O)[Si](=O)[Si](=O)[Si]=O)C(=O)O)c1ccccc1. The Labute approximate surface area is 225 Å². The minimum Gasteiger partial charge on any atom is -0.481 e. The Hall–Kier alpha value is -1.54. The molecule has 0 aliphatic rings. The lowest BCUT2D eigenvalue weighted by atomic mass is 9.77. The molecule has 0 amide bonds. The third kappa shape index (κ3) is 10.3. The zero-order valence-electron chi connectivity index (χ0n) is 22.0. The van der Waals surface area contributed by atoms with Crippen molar-refractivity contribution in [2.24, 2.45) is 11.3 Å². The van der Waals surface area contributed by atoms with Crippen LogP contribution < -0.4 is 0 Å². The van der Waals surface area contributed by atoms with Gasteiger partial charge in [0.05, 0.1) is 17.9 Å². The lowest BCUT2D eigenvalue weighted by Crippen LogP contribution is -2.52. The fourth-order valence-electron chi connectivity index (χ4n) is 4.13. The molecule has 201 valence electrons. The molecule has 0 bridgehead atoms. The van der Waals surface area contributed by atoms with E-state index >= 15 is 0 Å². The normalized spacial score (nSPS) is 13.2. The first-order valence-electron chi connectivity index (χ1n) is 12.2. The molecule has 0 aliphatic heterocycles. The maximum atomic E-state index is 12.8. The second-order valence-electron chi connectivity index (χ2n) is 10.4. The highest BCUT2D eigenvalue weighted by Gasteiger charge is 2.45. The molecule has 2 atom stereocenters. The zero-order valence-corrected chi connectivity index (χ0v) is 28.0. The molecule has 37 heavy (non-hydrogen) atoms. The first kappa shape index (κ1) is 33.5. The third-order valence-electron chi connectivity index (χ3n) is 6.50. The summed E-state index contributed by atoms with van der Waals surface area (Å²) in [5.41, 5.74) is 0.0336. The average Bonchev–Trinajstić information content (AvgIpc) is 2.87. The molecule has 0 heterocycles. The van der Waals surface area contributed by atoms with E-state index in [0.717, 1.165) is 12.0 Å². The summed E-state index contributed by atoms with van der Waals surface area (Å²) in [5, 5.41) is 9.85. The molecule has 15 heteroatoms. The molecule has 0 fully saturated rings. The van der Waals surface area contributed by atoms with Crippen LogP contribution in [0.25, 0.3) is 0 Å². The van der Waals surface area contributed by atoms with E-state index in [-0.39, 0.29) is 18.9 Å². The van der Waals surface area contributed by atoms with Gasteiger partial charge in [-0.3, -0.25) is 9.59 Å². The maximum absolute atomic E-state index is 12.8. The van der Waals surface area contributed by atoms with Crippen molar-refractivity contribution in [3.63, 3.8) is 0 Å². The third-order valence-corrected chi connectivity index (χ3v) is 45.5. The van der Waals surface area contributed by atoms with Gasteiger partial charge in [0, 0.05) is 0 Å². The number of hydrogen-bond donors (Lipinski definition) is 1. The summed E-state index contributed by atoms with van der Waals surface area (Å²) >= 11 is 0. The van der Waals surface area contributed by atoms with Crippen molar-refractivity contribution in [1.29, 1.82) is 0 Å². The summed E-state index contributed by atoms with van der Waals surface area (Å²) in [6.07, 6.45) is 1.66. The Balaban J connectivity index is 2.70. The molecule has 0 saturated heterocycles. The highest BCUT2D eigenvalue weighted by atomic mass is 29.9. The highest BCUT2D eigenvalue weighted by Crippen LogP contribution is 2.35. The topological polar surface area (TPSA) is 149 Å². The van der Waals surface area contributed by atoms with E-state index in [1.807, 2.05) is 37.3 Å². The van der Waals surface area contributed by atoms with Crippen LogP contribution in [0.3, 0.4) is 0 Å². The van der Waals surface area contributed by atoms with Gasteiger partial charge in [-0.1, -0.05) is 56.4 Å². The number of carbonyl (C=O) groups excluding carboxylic acids is 1. The lowest BCUT2D eigenvalue weighted by molar-refractivity contribution is -0.156. The van der Waals surface area contributed by atoms with E-state index in [2.05, 4.69) is 0 Å². The molecule has 0 aliphatic carbocycles. The zero-order chi connectivity index (χ0) is 28.4. The summed E-state index contributed by atoms with van der Waals surface area (Å²) in [6, 6.07) is 10.1. The Morgan fingerprint density at radius 3 is 2.19 bits per heavy atom. The molecule has 1 N–H and O–H groups in total. The maximum Gasteiger partial charge on any atom is 0.381 e. The molecule has 1 aromatic rings. The Morgan fingerprint density at radius 1 is 1.08 bits per heavy atom. The standard InChI is InChI=1S/C22H35O9Si6/c1-6-17(18-11-8-7-9-12-18)15-19(20(23)24)16-22(2,3)21(25)31-13-10-14-37(4,5)36(30)35(29)34(28)33(27)32-26/h7-9,11-12,17,19H,6,10,13-16H2,1-5H3,(H,23,24). The van der Waals surface area contributed by atoms with Gasteiger partial charge in [0.15, 0.2) is 0 Å². The second-order valence-corrected chi connectivity index (χ2v) is 39.1. The predicted octanol–water partition coefficient (Wildman–Crippen LogP) is 2.88. The smallest absolute Gasteiger partial charge is 0.381 e. The van der Waals surface area contributed by atoms with Gasteiger partial charge >= 0.3 is 51.7 Å². The number of carbonyl (C=O) groups is 2. The van der Waals surface area contributed by atoms with E-state index in [4.69, 9.17) is 4.74 Å². The first-order chi connectivity index (χ1) is 17.2. The number of hydrogen-bond acceptors (Lipinski definition) is 8. The molecule has 1 radical (unpaired) electrons. The molecular weight excluding hydrogens is 577 g/mol. The van der Waals surface area contributed by atoms with Crippen LogP contribution in [0.1, 0.15) is 57.9 Å². The van der Waals surface area contributed by atoms with Crippen LogP contribution in [0.15, 0.2) is 30.3 Å². The van der Waals surface area contributed by atoms with Crippen molar-refractivity contribution in [2.75, 3.05) is 6.61 Å². The van der Waals surface area contributed by atoms with Gasteiger partial charge in [0.1, 0.15) is 7.59 Å². The fraction of sp³-hybridized carbons (Fsp3) is 0.636. The predicted molar refractivity (Wildman–Crippen MR) is 144 cm³/mol. The summed E-state index contributed by atoms with van der Waals surface area (Å²) in [6.45, 7) is 8.84. The largest absolute Gasteiger partial charge is 0.481 e. The number of ether oxygens (including phenoxy) is 1. The van der Waals surface area contributed by atoms with Gasteiger partial charge in [0.2, 0.25) is 0 Å². The van der Waals surface area contributed by atoms with Crippen molar-refractivity contribution in [2.45, 2.75) is 71.5 Å². The minimum atomic E-state index is -3.11. The number of rotatable bonds is 17. The van der Waals surface area contributed by atoms with E-state index in [9.17, 15) is 37.0 Å². The highest BCUT2D eigenvalue weighted by molar-refractivity contribution is 7.68. The van der Waals surface area contributed by atoms with Crippen molar-refractivity contribution in [3.05, 3.63) is 35.9 Å². The van der Waals surface area contributed by atoms with Crippen molar-refractivity contribution in [3.8, 4) is 0 Å². The number of carboxylic acids is 1. The summed E-state index contributed by atoms with van der Waals surface area (Å²) in [5.74, 6) is -2.15. The van der Waals surface area contributed by atoms with Crippen molar-refractivity contribution >= 4 is 59.3 Å². The van der Waals surface area contributed by atoms with Crippen LogP contribution in [0.2, 0.25) is 19.1 Å². The second kappa shape index (κ2) is 15.2. The minimum absolute atomic E-state index is 0.0296. The van der Waals surface area contributed by atoms with Crippen LogP contribution in [0, 0.1) is 11.3 Å². The monoisotopic (exact) mass is 611 g/mol. The average molecular weight is 612 g/mol. The fourth-order valence-corrected chi connectivity index (χ4v) is 51.8. The molecular formula is C22H35O9Si6. The molecule has 1 aromatic carbocycles. The van der Waals surface area contributed by atoms with Gasteiger partial charge in [-0.2, -0.15) is 0 Å². The molecule has 0 saturated carbocycles. The van der Waals surface area contributed by atoms with E-state index in [1.54, 1.807) is 26.9 Å². The number of aliphatic carboxylic acids is 1. The number of benzene rings is 1. The Morgan fingerprint density at radius 2 is 1.68 bits per heavy atom. The van der Waals surface area contributed by atoms with E-state index in [0.29, 0.717) is 18.9 Å². The molecule has 0 spiro atoms.